The highest BCUT2D eigenvalue weighted by molar-refractivity contribution is 4.78. The van der Waals surface area contributed by atoms with Crippen LogP contribution in [0.4, 0.5) is 0 Å². The van der Waals surface area contributed by atoms with Crippen molar-refractivity contribution in [3.05, 3.63) is 0 Å². The quantitative estimate of drug-likeness (QED) is 0.463. The van der Waals surface area contributed by atoms with Crippen molar-refractivity contribution in [1.29, 1.82) is 0 Å². The molecule has 17 heavy (non-hydrogen) atoms. The molecule has 0 aromatic carbocycles. The Morgan fingerprint density at radius 1 is 0.824 bits per heavy atom. The summed E-state index contributed by atoms with van der Waals surface area (Å²) >= 11 is 0. The number of hydrogen-bond acceptors (Lipinski definition) is 3. The second kappa shape index (κ2) is 11.0. The lowest BCUT2D eigenvalue weighted by Crippen LogP contribution is -2.37. The third-order valence-electron chi connectivity index (χ3n) is 3.66. The molecule has 0 radical (unpaired) electrons. The highest BCUT2D eigenvalue weighted by atomic mass is 16.3. The summed E-state index contributed by atoms with van der Waals surface area (Å²) in [6.45, 7) is 2.60. The molecule has 0 atom stereocenters. The van der Waals surface area contributed by atoms with Crippen LogP contribution in [0.2, 0.25) is 0 Å². The summed E-state index contributed by atoms with van der Waals surface area (Å²) in [6, 6.07) is 0. The van der Waals surface area contributed by atoms with Crippen LogP contribution in [0.5, 0.6) is 0 Å². The molecule has 0 saturated carbocycles. The highest BCUT2D eigenvalue weighted by Crippen LogP contribution is 2.23. The summed E-state index contributed by atoms with van der Waals surface area (Å²) in [6.07, 6.45) is 11.0. The summed E-state index contributed by atoms with van der Waals surface area (Å²) in [5.74, 6) is 0. The van der Waals surface area contributed by atoms with E-state index in [4.69, 9.17) is 5.73 Å². The lowest BCUT2D eigenvalue weighted by atomic mass is 9.84. The third kappa shape index (κ3) is 7.74. The summed E-state index contributed by atoms with van der Waals surface area (Å²) in [5.41, 5.74) is 5.16. The predicted octanol–water partition coefficient (Wildman–Crippen LogP) is 2.45. The molecule has 0 unspecified atom stereocenters. The molecule has 3 nitrogen and oxygen atoms in total. The molecule has 0 aliphatic rings. The zero-order valence-electron chi connectivity index (χ0n) is 11.5. The van der Waals surface area contributed by atoms with E-state index in [9.17, 15) is 10.2 Å². The van der Waals surface area contributed by atoms with Gasteiger partial charge in [0.2, 0.25) is 0 Å². The molecule has 4 N–H and O–H groups in total. The van der Waals surface area contributed by atoms with Gasteiger partial charge in [0.15, 0.2) is 0 Å². The average Bonchev–Trinajstić information content (AvgIpc) is 2.38. The van der Waals surface area contributed by atoms with E-state index in [1.165, 1.54) is 44.9 Å². The van der Waals surface area contributed by atoms with Crippen LogP contribution in [0.1, 0.15) is 64.7 Å². The fourth-order valence-electron chi connectivity index (χ4n) is 2.07. The Hall–Kier alpha value is -0.120. The van der Waals surface area contributed by atoms with Gasteiger partial charge in [0.25, 0.3) is 0 Å². The Kier molecular flexibility index (Phi) is 10.9. The van der Waals surface area contributed by atoms with Gasteiger partial charge in [-0.2, -0.15) is 0 Å². The molecular formula is C14H31NO2. The molecule has 0 aromatic rings. The number of aliphatic hydroxyl groups excluding tert-OH is 2. The normalized spacial score (nSPS) is 12.0. The van der Waals surface area contributed by atoms with Crippen LogP contribution >= 0.6 is 0 Å². The molecule has 0 heterocycles. The Morgan fingerprint density at radius 2 is 1.29 bits per heavy atom. The van der Waals surface area contributed by atoms with E-state index >= 15 is 0 Å². The standard InChI is InChI=1S/C14H31NO2/c1-2-3-4-5-6-7-8-9-10-14(11-15,12-16)13-17/h16-17H,2-13,15H2,1H3. The first-order valence-corrected chi connectivity index (χ1v) is 7.16. The lowest BCUT2D eigenvalue weighted by Gasteiger charge is -2.27. The van der Waals surface area contributed by atoms with E-state index in [-0.39, 0.29) is 13.2 Å². The van der Waals surface area contributed by atoms with Gasteiger partial charge in [-0.3, -0.25) is 0 Å². The predicted molar refractivity (Wildman–Crippen MR) is 72.9 cm³/mol. The van der Waals surface area contributed by atoms with Crippen molar-refractivity contribution in [2.24, 2.45) is 11.1 Å². The summed E-state index contributed by atoms with van der Waals surface area (Å²) in [4.78, 5) is 0. The SMILES string of the molecule is CCCCCCCCCCC(CN)(CO)CO. The fraction of sp³-hybridized carbons (Fsp3) is 1.00. The van der Waals surface area contributed by atoms with Crippen LogP contribution in [-0.2, 0) is 0 Å². The molecule has 104 valence electrons. The van der Waals surface area contributed by atoms with Gasteiger partial charge in [-0.05, 0) is 6.42 Å². The van der Waals surface area contributed by atoms with Gasteiger partial charge in [0.1, 0.15) is 0 Å². The van der Waals surface area contributed by atoms with E-state index in [2.05, 4.69) is 6.92 Å². The summed E-state index contributed by atoms with van der Waals surface area (Å²) in [7, 11) is 0. The maximum atomic E-state index is 9.24. The topological polar surface area (TPSA) is 66.5 Å². The van der Waals surface area contributed by atoms with Crippen LogP contribution in [0, 0.1) is 5.41 Å². The Morgan fingerprint density at radius 3 is 1.71 bits per heavy atom. The zero-order chi connectivity index (χ0) is 13.0. The average molecular weight is 245 g/mol. The fourth-order valence-corrected chi connectivity index (χ4v) is 2.07. The molecule has 0 rings (SSSR count). The smallest absolute Gasteiger partial charge is 0.0521 e. The van der Waals surface area contributed by atoms with Crippen molar-refractivity contribution < 1.29 is 10.2 Å². The van der Waals surface area contributed by atoms with Gasteiger partial charge in [-0.25, -0.2) is 0 Å². The Labute approximate surface area is 106 Å². The van der Waals surface area contributed by atoms with Crippen LogP contribution in [0.25, 0.3) is 0 Å². The molecule has 0 bridgehead atoms. The monoisotopic (exact) mass is 245 g/mol. The number of rotatable bonds is 12. The van der Waals surface area contributed by atoms with Crippen molar-refractivity contribution in [3.63, 3.8) is 0 Å². The summed E-state index contributed by atoms with van der Waals surface area (Å²) in [5, 5.41) is 18.5. The van der Waals surface area contributed by atoms with Gasteiger partial charge in [0.05, 0.1) is 13.2 Å². The van der Waals surface area contributed by atoms with Crippen LogP contribution in [-0.4, -0.2) is 30.0 Å². The maximum absolute atomic E-state index is 9.24. The maximum Gasteiger partial charge on any atom is 0.0521 e. The van der Waals surface area contributed by atoms with E-state index in [0.29, 0.717) is 6.54 Å². The zero-order valence-corrected chi connectivity index (χ0v) is 11.5. The van der Waals surface area contributed by atoms with Gasteiger partial charge in [0, 0.05) is 12.0 Å². The number of hydrogen-bond donors (Lipinski definition) is 3. The van der Waals surface area contributed by atoms with E-state index < -0.39 is 5.41 Å². The van der Waals surface area contributed by atoms with Crippen LogP contribution in [0.15, 0.2) is 0 Å². The molecule has 3 heteroatoms. The largest absolute Gasteiger partial charge is 0.396 e. The van der Waals surface area contributed by atoms with Crippen molar-refractivity contribution >= 4 is 0 Å². The second-order valence-electron chi connectivity index (χ2n) is 5.25. The molecule has 0 amide bonds. The first-order valence-electron chi connectivity index (χ1n) is 7.16. The molecule has 0 spiro atoms. The van der Waals surface area contributed by atoms with Crippen molar-refractivity contribution in [2.45, 2.75) is 64.7 Å². The van der Waals surface area contributed by atoms with E-state index in [0.717, 1.165) is 12.8 Å². The second-order valence-corrected chi connectivity index (χ2v) is 5.25. The molecule has 0 aromatic heterocycles. The minimum atomic E-state index is -0.442. The Bertz CT molecular complexity index is 150. The van der Waals surface area contributed by atoms with Gasteiger partial charge in [-0.15, -0.1) is 0 Å². The van der Waals surface area contributed by atoms with Gasteiger partial charge in [-0.1, -0.05) is 58.3 Å². The number of unbranched alkanes of at least 4 members (excludes halogenated alkanes) is 7. The van der Waals surface area contributed by atoms with Crippen molar-refractivity contribution in [1.82, 2.24) is 0 Å². The summed E-state index contributed by atoms with van der Waals surface area (Å²) < 4.78 is 0. The first-order chi connectivity index (χ1) is 8.24. The minimum Gasteiger partial charge on any atom is -0.396 e. The van der Waals surface area contributed by atoms with Crippen LogP contribution < -0.4 is 5.73 Å². The molecular weight excluding hydrogens is 214 g/mol. The van der Waals surface area contributed by atoms with E-state index in [1.807, 2.05) is 0 Å². The first kappa shape index (κ1) is 16.9. The highest BCUT2D eigenvalue weighted by Gasteiger charge is 2.26. The molecule has 0 saturated heterocycles. The molecule has 0 aliphatic carbocycles. The van der Waals surface area contributed by atoms with Gasteiger partial charge < -0.3 is 15.9 Å². The molecule has 0 aliphatic heterocycles. The van der Waals surface area contributed by atoms with Crippen LogP contribution in [0.3, 0.4) is 0 Å². The van der Waals surface area contributed by atoms with Crippen molar-refractivity contribution in [2.75, 3.05) is 19.8 Å². The van der Waals surface area contributed by atoms with Gasteiger partial charge >= 0.3 is 0 Å². The number of nitrogens with two attached hydrogens (primary N) is 1. The van der Waals surface area contributed by atoms with Crippen molar-refractivity contribution in [3.8, 4) is 0 Å². The third-order valence-corrected chi connectivity index (χ3v) is 3.66. The molecule has 0 fully saturated rings. The van der Waals surface area contributed by atoms with E-state index in [1.54, 1.807) is 0 Å². The minimum absolute atomic E-state index is 0.00347. The lowest BCUT2D eigenvalue weighted by molar-refractivity contribution is 0.0521. The number of aliphatic hydroxyl groups is 2. The Balaban J connectivity index is 3.43.